The van der Waals surface area contributed by atoms with Gasteiger partial charge in [0.25, 0.3) is 0 Å². The number of benzene rings is 1. The summed E-state index contributed by atoms with van der Waals surface area (Å²) in [5.74, 6) is -0.364. The van der Waals surface area contributed by atoms with Gasteiger partial charge in [0.2, 0.25) is 5.91 Å². The normalized spacial score (nSPS) is 10.1. The average molecular weight is 274 g/mol. The van der Waals surface area contributed by atoms with Gasteiger partial charge in [-0.15, -0.1) is 0 Å². The molecule has 0 bridgehead atoms. The zero-order valence-electron chi connectivity index (χ0n) is 8.52. The predicted molar refractivity (Wildman–Crippen MR) is 62.3 cm³/mol. The van der Waals surface area contributed by atoms with E-state index in [2.05, 4.69) is 21.2 Å². The highest BCUT2D eigenvalue weighted by molar-refractivity contribution is 9.10. The first kappa shape index (κ1) is 12.2. The number of anilines is 1. The summed E-state index contributed by atoms with van der Waals surface area (Å²) >= 11 is 3.06. The Morgan fingerprint density at radius 3 is 2.87 bits per heavy atom. The standard InChI is InChI=1S/C11H13BrFNO/c1-2-3-4-11(15)14-8-5-6-10(13)9(12)7-8/h5-7H,2-4H2,1H3,(H,14,15). The number of hydrogen-bond acceptors (Lipinski definition) is 1. The Morgan fingerprint density at radius 2 is 2.27 bits per heavy atom. The quantitative estimate of drug-likeness (QED) is 0.890. The molecule has 0 aliphatic carbocycles. The minimum atomic E-state index is -0.332. The first-order valence-corrected chi connectivity index (χ1v) is 5.67. The van der Waals surface area contributed by atoms with Gasteiger partial charge in [0.05, 0.1) is 4.47 Å². The molecule has 0 aromatic heterocycles. The topological polar surface area (TPSA) is 29.1 Å². The van der Waals surface area contributed by atoms with Gasteiger partial charge >= 0.3 is 0 Å². The lowest BCUT2D eigenvalue weighted by Crippen LogP contribution is -2.10. The summed E-state index contributed by atoms with van der Waals surface area (Å²) in [6.07, 6.45) is 2.36. The molecule has 4 heteroatoms. The van der Waals surface area contributed by atoms with Crippen molar-refractivity contribution in [2.75, 3.05) is 5.32 Å². The van der Waals surface area contributed by atoms with Crippen LogP contribution in [0.2, 0.25) is 0 Å². The molecule has 1 rings (SSSR count). The summed E-state index contributed by atoms with van der Waals surface area (Å²) in [5.41, 5.74) is 0.615. The van der Waals surface area contributed by atoms with Crippen molar-refractivity contribution >= 4 is 27.5 Å². The van der Waals surface area contributed by atoms with Crippen molar-refractivity contribution < 1.29 is 9.18 Å². The van der Waals surface area contributed by atoms with Gasteiger partial charge < -0.3 is 5.32 Å². The van der Waals surface area contributed by atoms with Gasteiger partial charge in [0.1, 0.15) is 5.82 Å². The van der Waals surface area contributed by atoms with Gasteiger partial charge in [0, 0.05) is 12.1 Å². The molecule has 0 fully saturated rings. The van der Waals surface area contributed by atoms with E-state index in [1.54, 1.807) is 12.1 Å². The van der Waals surface area contributed by atoms with Gasteiger partial charge in [-0.3, -0.25) is 4.79 Å². The van der Waals surface area contributed by atoms with Crippen molar-refractivity contribution in [2.24, 2.45) is 0 Å². The number of carbonyl (C=O) groups excluding carboxylic acids is 1. The fraction of sp³-hybridized carbons (Fsp3) is 0.364. The largest absolute Gasteiger partial charge is 0.326 e. The Kier molecular flexibility index (Phi) is 4.75. The van der Waals surface area contributed by atoms with Gasteiger partial charge in [-0.25, -0.2) is 4.39 Å². The number of halogens is 2. The van der Waals surface area contributed by atoms with Crippen molar-refractivity contribution in [3.05, 3.63) is 28.5 Å². The number of amides is 1. The minimum Gasteiger partial charge on any atom is -0.326 e. The number of nitrogens with one attached hydrogen (secondary N) is 1. The molecule has 1 aromatic carbocycles. The smallest absolute Gasteiger partial charge is 0.224 e. The number of unbranched alkanes of at least 4 members (excludes halogenated alkanes) is 1. The van der Waals surface area contributed by atoms with Crippen LogP contribution in [-0.4, -0.2) is 5.91 Å². The van der Waals surface area contributed by atoms with Crippen LogP contribution in [0, 0.1) is 5.82 Å². The van der Waals surface area contributed by atoms with E-state index in [0.717, 1.165) is 12.8 Å². The highest BCUT2D eigenvalue weighted by atomic mass is 79.9. The molecule has 2 nitrogen and oxygen atoms in total. The third-order valence-corrected chi connectivity index (χ3v) is 2.57. The van der Waals surface area contributed by atoms with Crippen LogP contribution < -0.4 is 5.32 Å². The summed E-state index contributed by atoms with van der Waals surface area (Å²) in [6, 6.07) is 4.42. The highest BCUT2D eigenvalue weighted by Crippen LogP contribution is 2.20. The lowest BCUT2D eigenvalue weighted by atomic mass is 10.2. The monoisotopic (exact) mass is 273 g/mol. The highest BCUT2D eigenvalue weighted by Gasteiger charge is 2.04. The molecule has 0 heterocycles. The molecule has 0 aliphatic heterocycles. The molecule has 0 saturated heterocycles. The maximum atomic E-state index is 12.9. The lowest BCUT2D eigenvalue weighted by Gasteiger charge is -2.05. The van der Waals surface area contributed by atoms with Crippen LogP contribution in [0.4, 0.5) is 10.1 Å². The van der Waals surface area contributed by atoms with E-state index in [4.69, 9.17) is 0 Å². The average Bonchev–Trinajstić information content (AvgIpc) is 2.20. The van der Waals surface area contributed by atoms with Gasteiger partial charge in [-0.2, -0.15) is 0 Å². The molecule has 0 aliphatic rings. The van der Waals surface area contributed by atoms with Crippen molar-refractivity contribution in [3.8, 4) is 0 Å². The number of carbonyl (C=O) groups is 1. The van der Waals surface area contributed by atoms with Crippen LogP contribution in [0.15, 0.2) is 22.7 Å². The molecule has 15 heavy (non-hydrogen) atoms. The van der Waals surface area contributed by atoms with Gasteiger partial charge in [0.15, 0.2) is 0 Å². The SMILES string of the molecule is CCCCC(=O)Nc1ccc(F)c(Br)c1. The van der Waals surface area contributed by atoms with E-state index in [1.165, 1.54) is 6.07 Å². The Labute approximate surface area is 97.0 Å². The summed E-state index contributed by atoms with van der Waals surface area (Å²) in [6.45, 7) is 2.03. The summed E-state index contributed by atoms with van der Waals surface area (Å²) in [4.78, 5) is 11.3. The number of hydrogen-bond donors (Lipinski definition) is 1. The summed E-state index contributed by atoms with van der Waals surface area (Å²) in [7, 11) is 0. The van der Waals surface area contributed by atoms with Crippen molar-refractivity contribution in [2.45, 2.75) is 26.2 Å². The molecule has 1 amide bonds. The van der Waals surface area contributed by atoms with Crippen molar-refractivity contribution in [3.63, 3.8) is 0 Å². The molecule has 0 spiro atoms. The predicted octanol–water partition coefficient (Wildman–Crippen LogP) is 3.72. The van der Waals surface area contributed by atoms with E-state index < -0.39 is 0 Å². The Bertz CT molecular complexity index is 354. The summed E-state index contributed by atoms with van der Waals surface area (Å²) < 4.78 is 13.2. The molecule has 1 N–H and O–H groups in total. The fourth-order valence-corrected chi connectivity index (χ4v) is 1.51. The maximum absolute atomic E-state index is 12.9. The molecule has 0 saturated carbocycles. The second kappa shape index (κ2) is 5.85. The van der Waals surface area contributed by atoms with Crippen molar-refractivity contribution in [1.29, 1.82) is 0 Å². The second-order valence-electron chi connectivity index (χ2n) is 3.28. The lowest BCUT2D eigenvalue weighted by molar-refractivity contribution is -0.116. The van der Waals surface area contributed by atoms with Gasteiger partial charge in [-0.05, 0) is 40.5 Å². The Balaban J connectivity index is 2.57. The van der Waals surface area contributed by atoms with E-state index >= 15 is 0 Å². The van der Waals surface area contributed by atoms with Crippen LogP contribution in [0.5, 0.6) is 0 Å². The van der Waals surface area contributed by atoms with Crippen LogP contribution in [0.3, 0.4) is 0 Å². The van der Waals surface area contributed by atoms with Crippen LogP contribution in [0.25, 0.3) is 0 Å². The third kappa shape index (κ3) is 4.00. The van der Waals surface area contributed by atoms with E-state index in [-0.39, 0.29) is 11.7 Å². The zero-order chi connectivity index (χ0) is 11.3. The molecule has 0 unspecified atom stereocenters. The Morgan fingerprint density at radius 1 is 1.53 bits per heavy atom. The second-order valence-corrected chi connectivity index (χ2v) is 4.13. The summed E-state index contributed by atoms with van der Waals surface area (Å²) in [5, 5.41) is 2.71. The molecule has 0 radical (unpaired) electrons. The molecular formula is C11H13BrFNO. The van der Waals surface area contributed by atoms with E-state index in [9.17, 15) is 9.18 Å². The van der Waals surface area contributed by atoms with E-state index in [1.807, 2.05) is 6.92 Å². The third-order valence-electron chi connectivity index (χ3n) is 1.96. The number of rotatable bonds is 4. The zero-order valence-corrected chi connectivity index (χ0v) is 10.1. The van der Waals surface area contributed by atoms with E-state index in [0.29, 0.717) is 16.6 Å². The Hall–Kier alpha value is -0.900. The van der Waals surface area contributed by atoms with Gasteiger partial charge in [-0.1, -0.05) is 13.3 Å². The first-order chi connectivity index (χ1) is 7.13. The van der Waals surface area contributed by atoms with Crippen LogP contribution in [0.1, 0.15) is 26.2 Å². The fourth-order valence-electron chi connectivity index (χ4n) is 1.13. The molecule has 82 valence electrons. The van der Waals surface area contributed by atoms with Crippen LogP contribution in [-0.2, 0) is 4.79 Å². The molecule has 1 aromatic rings. The molecular weight excluding hydrogens is 261 g/mol. The first-order valence-electron chi connectivity index (χ1n) is 4.88. The van der Waals surface area contributed by atoms with Crippen molar-refractivity contribution in [1.82, 2.24) is 0 Å². The van der Waals surface area contributed by atoms with Crippen LogP contribution >= 0.6 is 15.9 Å². The molecule has 0 atom stereocenters. The minimum absolute atomic E-state index is 0.0321. The maximum Gasteiger partial charge on any atom is 0.224 e.